The van der Waals surface area contributed by atoms with E-state index in [-0.39, 0.29) is 12.1 Å². The highest BCUT2D eigenvalue weighted by Crippen LogP contribution is 2.11. The number of hydrogen-bond donors (Lipinski definition) is 2. The Hall–Kier alpha value is -1.66. The standard InChI is InChI=1S/C15H22N2O3S/c1-11(2)20-9-5-8-16-15(21)17-13-7-4-6-12(10-13)14(18)19-3/h4,6-7,10-11H,5,8-9H2,1-3H3,(H2,16,17,21). The molecule has 0 atom stereocenters. The van der Waals surface area contributed by atoms with Gasteiger partial charge in [-0.2, -0.15) is 0 Å². The molecule has 1 rings (SSSR count). The van der Waals surface area contributed by atoms with Gasteiger partial charge in [0.15, 0.2) is 5.11 Å². The zero-order chi connectivity index (χ0) is 15.7. The van der Waals surface area contributed by atoms with Gasteiger partial charge in [0.1, 0.15) is 0 Å². The summed E-state index contributed by atoms with van der Waals surface area (Å²) in [6, 6.07) is 6.99. The first-order valence-corrected chi connectivity index (χ1v) is 7.28. The smallest absolute Gasteiger partial charge is 0.337 e. The summed E-state index contributed by atoms with van der Waals surface area (Å²) in [5.74, 6) is -0.372. The molecule has 1 aromatic carbocycles. The van der Waals surface area contributed by atoms with Crippen molar-refractivity contribution >= 4 is 29.0 Å². The van der Waals surface area contributed by atoms with Gasteiger partial charge in [0.25, 0.3) is 0 Å². The number of esters is 1. The van der Waals surface area contributed by atoms with Crippen LogP contribution in [0.5, 0.6) is 0 Å². The van der Waals surface area contributed by atoms with Crippen molar-refractivity contribution < 1.29 is 14.3 Å². The van der Waals surface area contributed by atoms with E-state index >= 15 is 0 Å². The molecule has 0 fully saturated rings. The van der Waals surface area contributed by atoms with Crippen LogP contribution in [0.1, 0.15) is 30.6 Å². The van der Waals surface area contributed by atoms with Crippen LogP contribution in [-0.4, -0.2) is 37.4 Å². The van der Waals surface area contributed by atoms with E-state index in [9.17, 15) is 4.79 Å². The number of carbonyl (C=O) groups excluding carboxylic acids is 1. The van der Waals surface area contributed by atoms with Crippen LogP contribution in [0.2, 0.25) is 0 Å². The van der Waals surface area contributed by atoms with E-state index in [1.54, 1.807) is 18.2 Å². The second-order valence-electron chi connectivity index (χ2n) is 4.73. The molecular weight excluding hydrogens is 288 g/mol. The van der Waals surface area contributed by atoms with Crippen molar-refractivity contribution in [3.63, 3.8) is 0 Å². The predicted octanol–water partition coefficient (Wildman–Crippen LogP) is 2.57. The third kappa shape index (κ3) is 7.06. The molecule has 2 N–H and O–H groups in total. The summed E-state index contributed by atoms with van der Waals surface area (Å²) in [7, 11) is 1.36. The second-order valence-corrected chi connectivity index (χ2v) is 5.13. The monoisotopic (exact) mass is 310 g/mol. The van der Waals surface area contributed by atoms with Gasteiger partial charge in [0.2, 0.25) is 0 Å². The highest BCUT2D eigenvalue weighted by molar-refractivity contribution is 7.80. The number of carbonyl (C=O) groups is 1. The van der Waals surface area contributed by atoms with Crippen molar-refractivity contribution in [1.29, 1.82) is 0 Å². The first-order chi connectivity index (χ1) is 10.0. The Bertz CT molecular complexity index is 478. The Labute approximate surface area is 131 Å². The molecule has 0 unspecified atom stereocenters. The molecular formula is C15H22N2O3S. The Morgan fingerprint density at radius 1 is 1.38 bits per heavy atom. The fourth-order valence-corrected chi connectivity index (χ4v) is 1.83. The van der Waals surface area contributed by atoms with E-state index in [2.05, 4.69) is 15.4 Å². The molecule has 116 valence electrons. The van der Waals surface area contributed by atoms with Crippen LogP contribution in [0, 0.1) is 0 Å². The van der Waals surface area contributed by atoms with Crippen LogP contribution < -0.4 is 10.6 Å². The van der Waals surface area contributed by atoms with Gasteiger partial charge < -0.3 is 20.1 Å². The van der Waals surface area contributed by atoms with E-state index in [1.165, 1.54) is 7.11 Å². The third-order valence-electron chi connectivity index (χ3n) is 2.60. The van der Waals surface area contributed by atoms with Crippen molar-refractivity contribution in [2.24, 2.45) is 0 Å². The summed E-state index contributed by atoms with van der Waals surface area (Å²) in [4.78, 5) is 11.4. The van der Waals surface area contributed by atoms with Crippen LogP contribution in [0.3, 0.4) is 0 Å². The molecule has 0 amide bonds. The van der Waals surface area contributed by atoms with E-state index in [1.807, 2.05) is 19.9 Å². The summed E-state index contributed by atoms with van der Waals surface area (Å²) in [6.45, 7) is 5.45. The zero-order valence-corrected chi connectivity index (χ0v) is 13.5. The first kappa shape index (κ1) is 17.4. The highest BCUT2D eigenvalue weighted by atomic mass is 32.1. The molecule has 0 radical (unpaired) electrons. The average molecular weight is 310 g/mol. The number of rotatable bonds is 7. The lowest BCUT2D eigenvalue weighted by Crippen LogP contribution is -2.30. The lowest BCUT2D eigenvalue weighted by atomic mass is 10.2. The number of nitrogens with one attached hydrogen (secondary N) is 2. The Morgan fingerprint density at radius 2 is 2.14 bits per heavy atom. The number of hydrogen-bond acceptors (Lipinski definition) is 4. The fourth-order valence-electron chi connectivity index (χ4n) is 1.61. The first-order valence-electron chi connectivity index (χ1n) is 6.87. The van der Waals surface area contributed by atoms with Gasteiger partial charge in [0.05, 0.1) is 18.8 Å². The van der Waals surface area contributed by atoms with Crippen molar-refractivity contribution in [1.82, 2.24) is 5.32 Å². The number of ether oxygens (including phenoxy) is 2. The lowest BCUT2D eigenvalue weighted by molar-refractivity contribution is 0.0600. The summed E-state index contributed by atoms with van der Waals surface area (Å²) >= 11 is 5.20. The highest BCUT2D eigenvalue weighted by Gasteiger charge is 2.06. The molecule has 0 saturated heterocycles. The third-order valence-corrected chi connectivity index (χ3v) is 2.85. The van der Waals surface area contributed by atoms with Crippen molar-refractivity contribution in [3.05, 3.63) is 29.8 Å². The summed E-state index contributed by atoms with van der Waals surface area (Å²) in [5, 5.41) is 6.64. The summed E-state index contributed by atoms with van der Waals surface area (Å²) in [5.41, 5.74) is 1.23. The van der Waals surface area contributed by atoms with Gasteiger partial charge in [-0.15, -0.1) is 0 Å². The van der Waals surface area contributed by atoms with Crippen LogP contribution in [-0.2, 0) is 9.47 Å². The van der Waals surface area contributed by atoms with Gasteiger partial charge >= 0.3 is 5.97 Å². The lowest BCUT2D eigenvalue weighted by Gasteiger charge is -2.12. The van der Waals surface area contributed by atoms with Crippen molar-refractivity contribution in [2.75, 3.05) is 25.6 Å². The SMILES string of the molecule is COC(=O)c1cccc(NC(=S)NCCCOC(C)C)c1. The maximum Gasteiger partial charge on any atom is 0.337 e. The van der Waals surface area contributed by atoms with Crippen LogP contribution in [0.25, 0.3) is 0 Å². The van der Waals surface area contributed by atoms with Crippen molar-refractivity contribution in [3.8, 4) is 0 Å². The Kier molecular flexibility index (Phi) is 7.71. The number of anilines is 1. The van der Waals surface area contributed by atoms with Crippen LogP contribution >= 0.6 is 12.2 Å². The maximum atomic E-state index is 11.4. The van der Waals surface area contributed by atoms with Gasteiger partial charge in [-0.05, 0) is 50.7 Å². The average Bonchev–Trinajstić information content (AvgIpc) is 2.46. The zero-order valence-electron chi connectivity index (χ0n) is 12.6. The molecule has 5 nitrogen and oxygen atoms in total. The molecule has 0 bridgehead atoms. The maximum absolute atomic E-state index is 11.4. The van der Waals surface area contributed by atoms with Gasteiger partial charge in [-0.3, -0.25) is 0 Å². The van der Waals surface area contributed by atoms with Gasteiger partial charge in [0, 0.05) is 18.8 Å². The van der Waals surface area contributed by atoms with E-state index in [0.717, 1.165) is 18.7 Å². The molecule has 0 aliphatic carbocycles. The molecule has 6 heteroatoms. The molecule has 0 spiro atoms. The van der Waals surface area contributed by atoms with E-state index in [4.69, 9.17) is 17.0 Å². The quantitative estimate of drug-likeness (QED) is 0.458. The predicted molar refractivity (Wildman–Crippen MR) is 87.7 cm³/mol. The molecule has 0 saturated carbocycles. The minimum atomic E-state index is -0.372. The topological polar surface area (TPSA) is 59.6 Å². The fraction of sp³-hybridized carbons (Fsp3) is 0.467. The summed E-state index contributed by atoms with van der Waals surface area (Å²) in [6.07, 6.45) is 1.12. The number of thiocarbonyl (C=S) groups is 1. The minimum absolute atomic E-state index is 0.246. The van der Waals surface area contributed by atoms with Crippen molar-refractivity contribution in [2.45, 2.75) is 26.4 Å². The Balaban J connectivity index is 2.36. The van der Waals surface area contributed by atoms with E-state index < -0.39 is 0 Å². The number of benzene rings is 1. The van der Waals surface area contributed by atoms with Gasteiger partial charge in [-0.1, -0.05) is 6.07 Å². The molecule has 0 heterocycles. The molecule has 0 aliphatic rings. The van der Waals surface area contributed by atoms with E-state index in [0.29, 0.717) is 17.3 Å². The number of methoxy groups -OCH3 is 1. The minimum Gasteiger partial charge on any atom is -0.465 e. The Morgan fingerprint density at radius 3 is 2.81 bits per heavy atom. The van der Waals surface area contributed by atoms with Crippen LogP contribution in [0.15, 0.2) is 24.3 Å². The van der Waals surface area contributed by atoms with Gasteiger partial charge in [-0.25, -0.2) is 4.79 Å². The molecule has 1 aromatic rings. The summed E-state index contributed by atoms with van der Waals surface area (Å²) < 4.78 is 10.1. The second kappa shape index (κ2) is 9.31. The molecule has 0 aromatic heterocycles. The molecule has 21 heavy (non-hydrogen) atoms. The largest absolute Gasteiger partial charge is 0.465 e. The van der Waals surface area contributed by atoms with Crippen LogP contribution in [0.4, 0.5) is 5.69 Å². The normalized spacial score (nSPS) is 10.3. The molecule has 0 aliphatic heterocycles.